The van der Waals surface area contributed by atoms with Crippen molar-refractivity contribution in [1.29, 1.82) is 0 Å². The molecule has 4 heteroatoms. The van der Waals surface area contributed by atoms with Crippen LogP contribution in [-0.2, 0) is 11.3 Å². The first-order valence-electron chi connectivity index (χ1n) is 6.21. The van der Waals surface area contributed by atoms with Gasteiger partial charge in [0.2, 0.25) is 5.91 Å². The molecule has 1 aromatic rings. The Balaban J connectivity index is 2.51. The van der Waals surface area contributed by atoms with Crippen molar-refractivity contribution in [2.75, 3.05) is 13.6 Å². The predicted octanol–water partition coefficient (Wildman–Crippen LogP) is 2.56. The Morgan fingerprint density at radius 2 is 1.89 bits per heavy atom. The number of halogens is 1. The highest BCUT2D eigenvalue weighted by molar-refractivity contribution is 9.10. The number of hydrogen-bond acceptors (Lipinski definition) is 2. The van der Waals surface area contributed by atoms with Gasteiger partial charge in [0.1, 0.15) is 0 Å². The largest absolute Gasteiger partial charge is 0.352 e. The zero-order valence-electron chi connectivity index (χ0n) is 11.2. The van der Waals surface area contributed by atoms with E-state index in [1.165, 1.54) is 0 Å². The molecule has 2 N–H and O–H groups in total. The van der Waals surface area contributed by atoms with Crippen molar-refractivity contribution in [2.24, 2.45) is 11.8 Å². The molecular weight excluding hydrogens is 292 g/mol. The smallest absolute Gasteiger partial charge is 0.224 e. The van der Waals surface area contributed by atoms with Crippen molar-refractivity contribution in [1.82, 2.24) is 10.6 Å². The van der Waals surface area contributed by atoms with Gasteiger partial charge in [0.25, 0.3) is 0 Å². The van der Waals surface area contributed by atoms with Crippen LogP contribution in [0.3, 0.4) is 0 Å². The molecule has 0 aromatic heterocycles. The summed E-state index contributed by atoms with van der Waals surface area (Å²) in [7, 11) is 1.87. The highest BCUT2D eigenvalue weighted by atomic mass is 79.9. The van der Waals surface area contributed by atoms with Crippen LogP contribution in [0.15, 0.2) is 28.7 Å². The fourth-order valence-corrected chi connectivity index (χ4v) is 2.04. The van der Waals surface area contributed by atoms with E-state index in [1.807, 2.05) is 31.3 Å². The van der Waals surface area contributed by atoms with Crippen molar-refractivity contribution in [3.8, 4) is 0 Å². The van der Waals surface area contributed by atoms with E-state index in [-0.39, 0.29) is 11.8 Å². The Morgan fingerprint density at radius 1 is 1.28 bits per heavy atom. The Hall–Kier alpha value is -0.870. The van der Waals surface area contributed by atoms with Crippen LogP contribution in [0.25, 0.3) is 0 Å². The topological polar surface area (TPSA) is 41.1 Å². The molecule has 1 aromatic carbocycles. The molecule has 0 aliphatic heterocycles. The van der Waals surface area contributed by atoms with Gasteiger partial charge < -0.3 is 10.6 Å². The van der Waals surface area contributed by atoms with E-state index < -0.39 is 0 Å². The number of carbonyl (C=O) groups excluding carboxylic acids is 1. The molecule has 1 amide bonds. The Morgan fingerprint density at radius 3 is 2.39 bits per heavy atom. The van der Waals surface area contributed by atoms with Gasteiger partial charge in [0.05, 0.1) is 5.92 Å². The second-order valence-electron chi connectivity index (χ2n) is 4.75. The van der Waals surface area contributed by atoms with Crippen LogP contribution in [0.2, 0.25) is 0 Å². The summed E-state index contributed by atoms with van der Waals surface area (Å²) in [5.74, 6) is 0.468. The van der Waals surface area contributed by atoms with Gasteiger partial charge >= 0.3 is 0 Å². The normalized spacial score (nSPS) is 12.5. The minimum atomic E-state index is 0.0189. The van der Waals surface area contributed by atoms with Crippen LogP contribution in [0.4, 0.5) is 0 Å². The molecule has 0 spiro atoms. The molecule has 0 fully saturated rings. The zero-order chi connectivity index (χ0) is 13.5. The molecule has 0 saturated heterocycles. The lowest BCUT2D eigenvalue weighted by molar-refractivity contribution is -0.126. The molecule has 1 atom stereocenters. The van der Waals surface area contributed by atoms with Crippen LogP contribution in [-0.4, -0.2) is 19.5 Å². The van der Waals surface area contributed by atoms with E-state index >= 15 is 0 Å². The summed E-state index contributed by atoms with van der Waals surface area (Å²) < 4.78 is 1.05. The minimum Gasteiger partial charge on any atom is -0.352 e. The lowest BCUT2D eigenvalue weighted by Crippen LogP contribution is -2.38. The molecule has 18 heavy (non-hydrogen) atoms. The maximum Gasteiger partial charge on any atom is 0.224 e. The molecule has 1 rings (SSSR count). The van der Waals surface area contributed by atoms with Crippen molar-refractivity contribution < 1.29 is 4.79 Å². The van der Waals surface area contributed by atoms with E-state index in [0.29, 0.717) is 19.0 Å². The Bertz CT molecular complexity index is 376. The monoisotopic (exact) mass is 312 g/mol. The summed E-state index contributed by atoms with van der Waals surface area (Å²) in [4.78, 5) is 12.1. The van der Waals surface area contributed by atoms with Gasteiger partial charge in [0, 0.05) is 17.6 Å². The van der Waals surface area contributed by atoms with Gasteiger partial charge in [-0.25, -0.2) is 0 Å². The van der Waals surface area contributed by atoms with Gasteiger partial charge in [-0.3, -0.25) is 4.79 Å². The summed E-state index contributed by atoms with van der Waals surface area (Å²) in [6.45, 7) is 5.44. The van der Waals surface area contributed by atoms with Gasteiger partial charge in [-0.2, -0.15) is 0 Å². The molecular formula is C14H21BrN2O. The SMILES string of the molecule is CNCC(C(=O)NCc1ccc(Br)cc1)C(C)C. The summed E-state index contributed by atoms with van der Waals surface area (Å²) in [6, 6.07) is 7.98. The van der Waals surface area contributed by atoms with Crippen molar-refractivity contribution in [2.45, 2.75) is 20.4 Å². The third-order valence-corrected chi connectivity index (χ3v) is 3.47. The zero-order valence-corrected chi connectivity index (χ0v) is 12.8. The number of nitrogens with one attached hydrogen (secondary N) is 2. The third-order valence-electron chi connectivity index (χ3n) is 2.95. The second kappa shape index (κ2) is 7.54. The number of rotatable bonds is 6. The average molecular weight is 313 g/mol. The summed E-state index contributed by atoms with van der Waals surface area (Å²) >= 11 is 3.39. The highest BCUT2D eigenvalue weighted by Gasteiger charge is 2.20. The standard InChI is InChI=1S/C14H21BrN2O/c1-10(2)13(9-16-3)14(18)17-8-11-4-6-12(15)7-5-11/h4-7,10,13,16H,8-9H2,1-3H3,(H,17,18). The van der Waals surface area contributed by atoms with Crippen LogP contribution in [0, 0.1) is 11.8 Å². The van der Waals surface area contributed by atoms with Gasteiger partial charge in [-0.15, -0.1) is 0 Å². The fourth-order valence-electron chi connectivity index (χ4n) is 1.77. The lowest BCUT2D eigenvalue weighted by Gasteiger charge is -2.19. The second-order valence-corrected chi connectivity index (χ2v) is 5.67. The first-order valence-corrected chi connectivity index (χ1v) is 7.00. The van der Waals surface area contributed by atoms with Crippen LogP contribution < -0.4 is 10.6 Å². The van der Waals surface area contributed by atoms with Crippen molar-refractivity contribution in [3.05, 3.63) is 34.3 Å². The fraction of sp³-hybridized carbons (Fsp3) is 0.500. The minimum absolute atomic E-state index is 0.0189. The molecule has 3 nitrogen and oxygen atoms in total. The molecule has 100 valence electrons. The number of hydrogen-bond donors (Lipinski definition) is 2. The van der Waals surface area contributed by atoms with Gasteiger partial charge in [-0.1, -0.05) is 41.9 Å². The maximum atomic E-state index is 12.1. The quantitative estimate of drug-likeness (QED) is 0.847. The third kappa shape index (κ3) is 4.78. The summed E-state index contributed by atoms with van der Waals surface area (Å²) in [5.41, 5.74) is 1.11. The van der Waals surface area contributed by atoms with E-state index in [9.17, 15) is 4.79 Å². The lowest BCUT2D eigenvalue weighted by atomic mass is 9.95. The van der Waals surface area contributed by atoms with Crippen LogP contribution in [0.5, 0.6) is 0 Å². The Labute approximate surface area is 117 Å². The van der Waals surface area contributed by atoms with E-state index in [2.05, 4.69) is 40.4 Å². The summed E-state index contributed by atoms with van der Waals surface area (Å²) in [6.07, 6.45) is 0. The molecule has 0 bridgehead atoms. The van der Waals surface area contributed by atoms with Crippen molar-refractivity contribution >= 4 is 21.8 Å². The van der Waals surface area contributed by atoms with Crippen LogP contribution >= 0.6 is 15.9 Å². The molecule has 1 unspecified atom stereocenters. The van der Waals surface area contributed by atoms with Crippen molar-refractivity contribution in [3.63, 3.8) is 0 Å². The number of amides is 1. The van der Waals surface area contributed by atoms with Crippen LogP contribution in [0.1, 0.15) is 19.4 Å². The highest BCUT2D eigenvalue weighted by Crippen LogP contribution is 2.12. The Kier molecular flexibility index (Phi) is 6.36. The predicted molar refractivity (Wildman–Crippen MR) is 78.2 cm³/mol. The van der Waals surface area contributed by atoms with Gasteiger partial charge in [-0.05, 0) is 30.7 Å². The first kappa shape index (κ1) is 15.2. The molecule has 0 heterocycles. The van der Waals surface area contributed by atoms with Gasteiger partial charge in [0.15, 0.2) is 0 Å². The number of benzene rings is 1. The number of carbonyl (C=O) groups is 1. The average Bonchev–Trinajstić information content (AvgIpc) is 2.34. The van der Waals surface area contributed by atoms with E-state index in [1.54, 1.807) is 0 Å². The van der Waals surface area contributed by atoms with E-state index in [4.69, 9.17) is 0 Å². The summed E-state index contributed by atoms with van der Waals surface area (Å²) in [5, 5.41) is 6.06. The molecule has 0 aliphatic rings. The van der Waals surface area contributed by atoms with E-state index in [0.717, 1.165) is 10.0 Å². The molecule has 0 aliphatic carbocycles. The molecule has 0 saturated carbocycles. The maximum absolute atomic E-state index is 12.1. The first-order chi connectivity index (χ1) is 8.54. The molecule has 0 radical (unpaired) electrons.